The first-order chi connectivity index (χ1) is 5.93. The summed E-state index contributed by atoms with van der Waals surface area (Å²) in [5, 5.41) is 0.598. The number of H-pyrrole nitrogens is 1. The molecule has 1 aromatic heterocycles. The fraction of sp³-hybridized carbons (Fsp3) is 0.500. The molecule has 1 aromatic rings. The van der Waals surface area contributed by atoms with E-state index in [-0.39, 0.29) is 5.56 Å². The number of nitrogens with one attached hydrogen (secondary N) is 1. The SMILES string of the molecule is CSc1nc(C(C)(C)N)cc(=O)[nH]1. The first-order valence-corrected chi connectivity index (χ1v) is 5.10. The van der Waals surface area contributed by atoms with Gasteiger partial charge in [-0.05, 0) is 20.1 Å². The second-order valence-corrected chi connectivity index (χ2v) is 4.16. The number of nitrogens with two attached hydrogens (primary N) is 1. The average molecular weight is 199 g/mol. The van der Waals surface area contributed by atoms with Gasteiger partial charge >= 0.3 is 0 Å². The fourth-order valence-corrected chi connectivity index (χ4v) is 1.25. The molecule has 0 saturated heterocycles. The lowest BCUT2D eigenvalue weighted by Gasteiger charge is -2.17. The number of aromatic amines is 1. The standard InChI is InChI=1S/C8H13N3OS/c1-8(2,9)5-4-6(12)11-7(10-5)13-3/h4H,9H2,1-3H3,(H,10,11,12). The van der Waals surface area contributed by atoms with Crippen molar-refractivity contribution < 1.29 is 0 Å². The first-order valence-electron chi connectivity index (χ1n) is 3.88. The molecule has 0 fully saturated rings. The lowest BCUT2D eigenvalue weighted by Crippen LogP contribution is -2.31. The summed E-state index contributed by atoms with van der Waals surface area (Å²) in [6, 6.07) is 1.43. The highest BCUT2D eigenvalue weighted by molar-refractivity contribution is 7.98. The Balaban J connectivity index is 3.24. The predicted octanol–water partition coefficient (Wildman–Crippen LogP) is 0.686. The van der Waals surface area contributed by atoms with E-state index < -0.39 is 5.54 Å². The molecule has 0 saturated carbocycles. The van der Waals surface area contributed by atoms with E-state index in [1.807, 2.05) is 20.1 Å². The molecule has 0 unspecified atom stereocenters. The largest absolute Gasteiger partial charge is 0.321 e. The van der Waals surface area contributed by atoms with Gasteiger partial charge in [0.15, 0.2) is 5.16 Å². The van der Waals surface area contributed by atoms with Crippen LogP contribution in [0.5, 0.6) is 0 Å². The van der Waals surface area contributed by atoms with Crippen molar-refractivity contribution in [3.63, 3.8) is 0 Å². The molecule has 1 rings (SSSR count). The molecule has 0 amide bonds. The topological polar surface area (TPSA) is 71.8 Å². The summed E-state index contributed by atoms with van der Waals surface area (Å²) in [7, 11) is 0. The van der Waals surface area contributed by atoms with Crippen molar-refractivity contribution in [1.29, 1.82) is 0 Å². The molecule has 0 aromatic carbocycles. The van der Waals surface area contributed by atoms with E-state index in [4.69, 9.17) is 5.73 Å². The van der Waals surface area contributed by atoms with Crippen molar-refractivity contribution >= 4 is 11.8 Å². The van der Waals surface area contributed by atoms with Crippen molar-refractivity contribution in [3.05, 3.63) is 22.1 Å². The first kappa shape index (κ1) is 10.3. The fourth-order valence-electron chi connectivity index (χ4n) is 0.862. The average Bonchev–Trinajstić information content (AvgIpc) is 2.01. The van der Waals surface area contributed by atoms with Gasteiger partial charge in [0.05, 0.1) is 11.2 Å². The molecule has 0 aliphatic carbocycles. The van der Waals surface area contributed by atoms with Gasteiger partial charge in [0.2, 0.25) is 0 Å². The Kier molecular flexibility index (Phi) is 2.77. The van der Waals surface area contributed by atoms with Crippen LogP contribution in [-0.2, 0) is 5.54 Å². The van der Waals surface area contributed by atoms with Gasteiger partial charge in [-0.15, -0.1) is 0 Å². The van der Waals surface area contributed by atoms with E-state index >= 15 is 0 Å². The minimum Gasteiger partial charge on any atom is -0.321 e. The Bertz CT molecular complexity index is 353. The highest BCUT2D eigenvalue weighted by Crippen LogP contribution is 2.14. The van der Waals surface area contributed by atoms with Gasteiger partial charge in [0.1, 0.15) is 0 Å². The lowest BCUT2D eigenvalue weighted by molar-refractivity contribution is 0.525. The smallest absolute Gasteiger partial charge is 0.251 e. The zero-order valence-electron chi connectivity index (χ0n) is 7.92. The van der Waals surface area contributed by atoms with Crippen LogP contribution in [0.2, 0.25) is 0 Å². The second-order valence-electron chi connectivity index (χ2n) is 3.36. The van der Waals surface area contributed by atoms with Crippen LogP contribution < -0.4 is 11.3 Å². The Morgan fingerprint density at radius 3 is 2.69 bits per heavy atom. The van der Waals surface area contributed by atoms with E-state index in [9.17, 15) is 4.79 Å². The molecule has 13 heavy (non-hydrogen) atoms. The molecule has 3 N–H and O–H groups in total. The molecule has 0 radical (unpaired) electrons. The van der Waals surface area contributed by atoms with E-state index in [0.717, 1.165) is 0 Å². The Morgan fingerprint density at radius 2 is 2.23 bits per heavy atom. The highest BCUT2D eigenvalue weighted by Gasteiger charge is 2.17. The minimum atomic E-state index is -0.571. The molecule has 5 heteroatoms. The number of aromatic nitrogens is 2. The normalized spacial score (nSPS) is 11.7. The summed E-state index contributed by atoms with van der Waals surface area (Å²) in [5.41, 5.74) is 5.71. The molecular weight excluding hydrogens is 186 g/mol. The number of hydrogen-bond acceptors (Lipinski definition) is 4. The molecule has 0 bridgehead atoms. The Hall–Kier alpha value is -0.810. The maximum Gasteiger partial charge on any atom is 0.251 e. The Labute approximate surface area is 81.0 Å². The molecule has 0 spiro atoms. The number of nitrogens with zero attached hydrogens (tertiary/aromatic N) is 1. The van der Waals surface area contributed by atoms with Gasteiger partial charge in [0, 0.05) is 6.07 Å². The van der Waals surface area contributed by atoms with Crippen LogP contribution >= 0.6 is 11.8 Å². The van der Waals surface area contributed by atoms with Crippen LogP contribution in [0.15, 0.2) is 16.0 Å². The predicted molar refractivity (Wildman–Crippen MR) is 53.9 cm³/mol. The quantitative estimate of drug-likeness (QED) is 0.543. The highest BCUT2D eigenvalue weighted by atomic mass is 32.2. The summed E-state index contributed by atoms with van der Waals surface area (Å²) in [6.45, 7) is 3.64. The zero-order valence-corrected chi connectivity index (χ0v) is 8.73. The third-order valence-corrected chi connectivity index (χ3v) is 2.15. The van der Waals surface area contributed by atoms with Crippen molar-refractivity contribution in [2.45, 2.75) is 24.5 Å². The van der Waals surface area contributed by atoms with Crippen molar-refractivity contribution in [2.75, 3.05) is 6.26 Å². The van der Waals surface area contributed by atoms with Crippen LogP contribution in [0.4, 0.5) is 0 Å². The minimum absolute atomic E-state index is 0.159. The summed E-state index contributed by atoms with van der Waals surface area (Å²) >= 11 is 1.39. The monoisotopic (exact) mass is 199 g/mol. The molecule has 0 atom stereocenters. The molecule has 72 valence electrons. The third kappa shape index (κ3) is 2.57. The molecule has 0 aliphatic rings. The number of hydrogen-bond donors (Lipinski definition) is 2. The summed E-state index contributed by atoms with van der Waals surface area (Å²) in [4.78, 5) is 18.0. The molecular formula is C8H13N3OS. The van der Waals surface area contributed by atoms with E-state index in [1.165, 1.54) is 17.8 Å². The number of rotatable bonds is 2. The summed E-state index contributed by atoms with van der Waals surface area (Å²) < 4.78 is 0. The van der Waals surface area contributed by atoms with Crippen LogP contribution in [-0.4, -0.2) is 16.2 Å². The van der Waals surface area contributed by atoms with Crippen LogP contribution in [0.1, 0.15) is 19.5 Å². The van der Waals surface area contributed by atoms with Crippen molar-refractivity contribution in [3.8, 4) is 0 Å². The van der Waals surface area contributed by atoms with Gasteiger partial charge in [-0.2, -0.15) is 0 Å². The van der Waals surface area contributed by atoms with E-state index in [0.29, 0.717) is 10.9 Å². The van der Waals surface area contributed by atoms with Crippen molar-refractivity contribution in [2.24, 2.45) is 5.73 Å². The summed E-state index contributed by atoms with van der Waals surface area (Å²) in [6.07, 6.45) is 1.85. The van der Waals surface area contributed by atoms with Gasteiger partial charge in [-0.25, -0.2) is 4.98 Å². The van der Waals surface area contributed by atoms with Gasteiger partial charge in [-0.1, -0.05) is 11.8 Å². The van der Waals surface area contributed by atoms with Crippen LogP contribution in [0.3, 0.4) is 0 Å². The molecule has 4 nitrogen and oxygen atoms in total. The van der Waals surface area contributed by atoms with E-state index in [2.05, 4.69) is 9.97 Å². The second kappa shape index (κ2) is 3.51. The maximum absolute atomic E-state index is 11.2. The molecule has 1 heterocycles. The van der Waals surface area contributed by atoms with Gasteiger partial charge < -0.3 is 10.7 Å². The Morgan fingerprint density at radius 1 is 1.62 bits per heavy atom. The lowest BCUT2D eigenvalue weighted by atomic mass is 10.0. The third-order valence-electron chi connectivity index (χ3n) is 1.57. The summed E-state index contributed by atoms with van der Waals surface area (Å²) in [5.74, 6) is 0. The molecule has 0 aliphatic heterocycles. The van der Waals surface area contributed by atoms with Gasteiger partial charge in [-0.3, -0.25) is 4.79 Å². The maximum atomic E-state index is 11.2. The van der Waals surface area contributed by atoms with Crippen LogP contribution in [0, 0.1) is 0 Å². The number of thioether (sulfide) groups is 1. The van der Waals surface area contributed by atoms with Crippen LogP contribution in [0.25, 0.3) is 0 Å². The van der Waals surface area contributed by atoms with Gasteiger partial charge in [0.25, 0.3) is 5.56 Å². The van der Waals surface area contributed by atoms with E-state index in [1.54, 1.807) is 0 Å². The van der Waals surface area contributed by atoms with Crippen molar-refractivity contribution in [1.82, 2.24) is 9.97 Å². The zero-order chi connectivity index (χ0) is 10.1.